The van der Waals surface area contributed by atoms with Crippen LogP contribution in [0.4, 0.5) is 0 Å². The second-order valence-corrected chi connectivity index (χ2v) is 3.32. The number of carbonyl (C=O) groups is 2. The predicted molar refractivity (Wildman–Crippen MR) is 55.8 cm³/mol. The number of carbonyl (C=O) groups excluding carboxylic acids is 2. The van der Waals surface area contributed by atoms with Crippen molar-refractivity contribution < 1.29 is 14.3 Å². The highest BCUT2D eigenvalue weighted by molar-refractivity contribution is 5.94. The maximum atomic E-state index is 11.6. The molecule has 1 aromatic carbocycles. The highest BCUT2D eigenvalue weighted by Crippen LogP contribution is 2.14. The quantitative estimate of drug-likeness (QED) is 0.542. The second-order valence-electron chi connectivity index (χ2n) is 3.32. The predicted octanol–water partition coefficient (Wildman–Crippen LogP) is 1.31. The molecule has 0 aliphatic rings. The number of hydrogen-bond donors (Lipinski definition) is 0. The number of benzene rings is 1. The van der Waals surface area contributed by atoms with Crippen LogP contribution in [0, 0.1) is 0 Å². The number of hydrogen-bond acceptors (Lipinski definition) is 3. The summed E-state index contributed by atoms with van der Waals surface area (Å²) >= 11 is 0. The van der Waals surface area contributed by atoms with Crippen molar-refractivity contribution in [1.29, 1.82) is 0 Å². The van der Waals surface area contributed by atoms with Gasteiger partial charge in [-0.1, -0.05) is 6.07 Å². The molecule has 0 saturated carbocycles. The Bertz CT molecular complexity index is 385. The smallest absolute Gasteiger partial charge is 0.308 e. The average molecular weight is 207 g/mol. The van der Waals surface area contributed by atoms with Gasteiger partial charge in [0.15, 0.2) is 0 Å². The molecular formula is C11H13NO3. The third-order valence-corrected chi connectivity index (χ3v) is 1.75. The summed E-state index contributed by atoms with van der Waals surface area (Å²) in [6.45, 7) is 1.32. The van der Waals surface area contributed by atoms with Crippen LogP contribution in [0.25, 0.3) is 0 Å². The summed E-state index contributed by atoms with van der Waals surface area (Å²) in [5, 5.41) is 0. The Labute approximate surface area is 88.5 Å². The number of rotatable bonds is 2. The van der Waals surface area contributed by atoms with Gasteiger partial charge in [0.1, 0.15) is 5.75 Å². The summed E-state index contributed by atoms with van der Waals surface area (Å²) in [6, 6.07) is 6.53. The van der Waals surface area contributed by atoms with Crippen LogP contribution in [0.15, 0.2) is 24.3 Å². The summed E-state index contributed by atoms with van der Waals surface area (Å²) in [4.78, 5) is 23.7. The molecule has 0 aromatic heterocycles. The monoisotopic (exact) mass is 207 g/mol. The highest BCUT2D eigenvalue weighted by atomic mass is 16.5. The van der Waals surface area contributed by atoms with E-state index in [0.29, 0.717) is 11.3 Å². The molecule has 0 heterocycles. The number of amides is 1. The SMILES string of the molecule is CC(=O)Oc1cccc(C(=O)N(C)C)c1. The molecule has 0 N–H and O–H groups in total. The first kappa shape index (κ1) is 11.2. The fraction of sp³-hybridized carbons (Fsp3) is 0.273. The van der Waals surface area contributed by atoms with Gasteiger partial charge in [0, 0.05) is 26.6 Å². The molecule has 0 radical (unpaired) electrons. The van der Waals surface area contributed by atoms with Gasteiger partial charge >= 0.3 is 5.97 Å². The lowest BCUT2D eigenvalue weighted by Crippen LogP contribution is -2.21. The Kier molecular flexibility index (Phi) is 3.44. The molecule has 1 amide bonds. The normalized spacial score (nSPS) is 9.53. The van der Waals surface area contributed by atoms with Crippen molar-refractivity contribution in [2.24, 2.45) is 0 Å². The fourth-order valence-corrected chi connectivity index (χ4v) is 1.12. The van der Waals surface area contributed by atoms with Crippen molar-refractivity contribution in [2.45, 2.75) is 6.92 Å². The molecule has 4 nitrogen and oxygen atoms in total. The molecule has 1 aromatic rings. The van der Waals surface area contributed by atoms with E-state index in [4.69, 9.17) is 4.74 Å². The summed E-state index contributed by atoms with van der Waals surface area (Å²) in [5.41, 5.74) is 0.499. The van der Waals surface area contributed by atoms with Crippen LogP contribution in [-0.4, -0.2) is 30.9 Å². The van der Waals surface area contributed by atoms with Crippen LogP contribution < -0.4 is 4.74 Å². The molecule has 0 spiro atoms. The minimum Gasteiger partial charge on any atom is -0.427 e. The van der Waals surface area contributed by atoms with Crippen LogP contribution >= 0.6 is 0 Å². The maximum absolute atomic E-state index is 11.6. The minimum absolute atomic E-state index is 0.121. The molecule has 80 valence electrons. The van der Waals surface area contributed by atoms with E-state index in [1.54, 1.807) is 38.4 Å². The first-order valence-electron chi connectivity index (χ1n) is 4.51. The van der Waals surface area contributed by atoms with Crippen LogP contribution in [0.3, 0.4) is 0 Å². The Morgan fingerprint density at radius 1 is 1.27 bits per heavy atom. The molecule has 1 rings (SSSR count). The summed E-state index contributed by atoms with van der Waals surface area (Å²) in [6.07, 6.45) is 0. The van der Waals surface area contributed by atoms with Gasteiger partial charge in [0.25, 0.3) is 5.91 Å². The molecule has 0 atom stereocenters. The van der Waals surface area contributed by atoms with E-state index in [2.05, 4.69) is 0 Å². The van der Waals surface area contributed by atoms with Gasteiger partial charge in [0.05, 0.1) is 0 Å². The van der Waals surface area contributed by atoms with E-state index in [1.807, 2.05) is 0 Å². The molecule has 0 aliphatic heterocycles. The summed E-state index contributed by atoms with van der Waals surface area (Å²) in [7, 11) is 3.33. The summed E-state index contributed by atoms with van der Waals surface area (Å²) < 4.78 is 4.88. The molecule has 15 heavy (non-hydrogen) atoms. The lowest BCUT2D eigenvalue weighted by molar-refractivity contribution is -0.131. The Morgan fingerprint density at radius 2 is 1.93 bits per heavy atom. The lowest BCUT2D eigenvalue weighted by atomic mass is 10.2. The highest BCUT2D eigenvalue weighted by Gasteiger charge is 2.08. The van der Waals surface area contributed by atoms with Gasteiger partial charge in [-0.15, -0.1) is 0 Å². The van der Waals surface area contributed by atoms with Gasteiger partial charge < -0.3 is 9.64 Å². The fourth-order valence-electron chi connectivity index (χ4n) is 1.12. The third-order valence-electron chi connectivity index (χ3n) is 1.75. The molecule has 0 bridgehead atoms. The van der Waals surface area contributed by atoms with E-state index < -0.39 is 5.97 Å². The van der Waals surface area contributed by atoms with Crippen molar-refractivity contribution in [3.05, 3.63) is 29.8 Å². The molecule has 4 heteroatoms. The number of nitrogens with zero attached hydrogens (tertiary/aromatic N) is 1. The van der Waals surface area contributed by atoms with Gasteiger partial charge in [-0.25, -0.2) is 0 Å². The van der Waals surface area contributed by atoms with E-state index in [1.165, 1.54) is 11.8 Å². The first-order valence-corrected chi connectivity index (χ1v) is 4.51. The molecule has 0 unspecified atom stereocenters. The topological polar surface area (TPSA) is 46.6 Å². The van der Waals surface area contributed by atoms with E-state index in [-0.39, 0.29) is 5.91 Å². The minimum atomic E-state index is -0.399. The Morgan fingerprint density at radius 3 is 2.47 bits per heavy atom. The van der Waals surface area contributed by atoms with Crippen LogP contribution in [0.2, 0.25) is 0 Å². The standard InChI is InChI=1S/C11H13NO3/c1-8(13)15-10-6-4-5-9(7-10)11(14)12(2)3/h4-7H,1-3H3. The molecule has 0 fully saturated rings. The molecule has 0 aliphatic carbocycles. The second kappa shape index (κ2) is 4.59. The van der Waals surface area contributed by atoms with Gasteiger partial charge in [0.2, 0.25) is 0 Å². The largest absolute Gasteiger partial charge is 0.427 e. The third kappa shape index (κ3) is 3.09. The molecule has 0 saturated heterocycles. The Hall–Kier alpha value is -1.84. The van der Waals surface area contributed by atoms with E-state index >= 15 is 0 Å². The van der Waals surface area contributed by atoms with E-state index in [0.717, 1.165) is 0 Å². The van der Waals surface area contributed by atoms with Crippen molar-refractivity contribution >= 4 is 11.9 Å². The number of esters is 1. The van der Waals surface area contributed by atoms with Crippen molar-refractivity contribution in [1.82, 2.24) is 4.90 Å². The zero-order valence-electron chi connectivity index (χ0n) is 8.98. The average Bonchev–Trinajstić information content (AvgIpc) is 2.16. The Balaban J connectivity index is 2.92. The van der Waals surface area contributed by atoms with Crippen molar-refractivity contribution in [2.75, 3.05) is 14.1 Å². The number of ether oxygens (including phenoxy) is 1. The van der Waals surface area contributed by atoms with Gasteiger partial charge in [-0.3, -0.25) is 9.59 Å². The lowest BCUT2D eigenvalue weighted by Gasteiger charge is -2.10. The zero-order valence-corrected chi connectivity index (χ0v) is 8.98. The van der Waals surface area contributed by atoms with Crippen LogP contribution in [0.1, 0.15) is 17.3 Å². The summed E-state index contributed by atoms with van der Waals surface area (Å²) in [5.74, 6) is -0.136. The zero-order chi connectivity index (χ0) is 11.4. The van der Waals surface area contributed by atoms with E-state index in [9.17, 15) is 9.59 Å². The van der Waals surface area contributed by atoms with Crippen LogP contribution in [-0.2, 0) is 4.79 Å². The van der Waals surface area contributed by atoms with Crippen molar-refractivity contribution in [3.63, 3.8) is 0 Å². The van der Waals surface area contributed by atoms with Gasteiger partial charge in [-0.2, -0.15) is 0 Å². The first-order chi connectivity index (χ1) is 7.00. The van der Waals surface area contributed by atoms with Crippen LogP contribution in [0.5, 0.6) is 5.75 Å². The molecular weight excluding hydrogens is 194 g/mol. The van der Waals surface area contributed by atoms with Crippen molar-refractivity contribution in [3.8, 4) is 5.75 Å². The maximum Gasteiger partial charge on any atom is 0.308 e. The van der Waals surface area contributed by atoms with Gasteiger partial charge in [-0.05, 0) is 18.2 Å².